The molecule has 0 saturated heterocycles. The van der Waals surface area contributed by atoms with Gasteiger partial charge in [0.05, 0.1) is 6.61 Å². The second-order valence-corrected chi connectivity index (χ2v) is 6.32. The van der Waals surface area contributed by atoms with Crippen molar-refractivity contribution in [3.05, 3.63) is 29.8 Å². The first kappa shape index (κ1) is 15.8. The third kappa shape index (κ3) is 4.74. The van der Waals surface area contributed by atoms with Crippen molar-refractivity contribution in [1.29, 1.82) is 0 Å². The van der Waals surface area contributed by atoms with Gasteiger partial charge >= 0.3 is 0 Å². The van der Waals surface area contributed by atoms with Crippen LogP contribution in [0.15, 0.2) is 24.3 Å². The maximum atomic E-state index is 11.9. The summed E-state index contributed by atoms with van der Waals surface area (Å²) in [5, 5.41) is 15.0. The van der Waals surface area contributed by atoms with Crippen molar-refractivity contribution in [3.8, 4) is 0 Å². The number of carbonyl (C=O) groups is 1. The summed E-state index contributed by atoms with van der Waals surface area (Å²) in [6.07, 6.45) is 3.68. The number of aliphatic hydroxyl groups is 1. The minimum atomic E-state index is -0.141. The van der Waals surface area contributed by atoms with Crippen LogP contribution >= 0.6 is 0 Å². The van der Waals surface area contributed by atoms with Gasteiger partial charge in [0.25, 0.3) is 5.91 Å². The number of nitrogens with one attached hydrogen (secondary N) is 2. The lowest BCUT2D eigenvalue weighted by Crippen LogP contribution is -2.30. The van der Waals surface area contributed by atoms with E-state index in [1.807, 2.05) is 18.2 Å². The number of benzene rings is 1. The van der Waals surface area contributed by atoms with Crippen molar-refractivity contribution in [1.82, 2.24) is 5.32 Å². The second kappa shape index (κ2) is 7.46. The number of rotatable bonds is 5. The molecule has 1 saturated carbocycles. The number of amides is 1. The Kier molecular flexibility index (Phi) is 5.62. The first-order chi connectivity index (χ1) is 10.1. The van der Waals surface area contributed by atoms with Gasteiger partial charge in [0.15, 0.2) is 0 Å². The second-order valence-electron chi connectivity index (χ2n) is 6.32. The fraction of sp³-hybridized carbons (Fsp3) is 0.588. The zero-order valence-electron chi connectivity index (χ0n) is 12.9. The molecule has 0 heterocycles. The van der Waals surface area contributed by atoms with Crippen molar-refractivity contribution in [2.75, 3.05) is 18.5 Å². The van der Waals surface area contributed by atoms with Crippen LogP contribution in [-0.4, -0.2) is 30.2 Å². The normalized spacial score (nSPS) is 25.4. The Bertz CT molecular complexity index is 466. The Balaban J connectivity index is 1.99. The van der Waals surface area contributed by atoms with Gasteiger partial charge in [-0.3, -0.25) is 4.79 Å². The zero-order chi connectivity index (χ0) is 15.2. The molecule has 1 aliphatic carbocycles. The van der Waals surface area contributed by atoms with E-state index in [4.69, 9.17) is 5.11 Å². The quantitative estimate of drug-likeness (QED) is 0.781. The Hall–Kier alpha value is -1.55. The summed E-state index contributed by atoms with van der Waals surface area (Å²) in [5.74, 6) is 1.36. The van der Waals surface area contributed by atoms with Gasteiger partial charge in [0, 0.05) is 23.8 Å². The number of carbonyl (C=O) groups excluding carboxylic acids is 1. The highest BCUT2D eigenvalue weighted by molar-refractivity contribution is 5.95. The van der Waals surface area contributed by atoms with Crippen LogP contribution in [0.5, 0.6) is 0 Å². The van der Waals surface area contributed by atoms with Crippen LogP contribution in [-0.2, 0) is 0 Å². The van der Waals surface area contributed by atoms with Crippen LogP contribution < -0.4 is 10.6 Å². The van der Waals surface area contributed by atoms with E-state index in [0.29, 0.717) is 11.6 Å². The SMILES string of the molecule is CC1CC(C)CC(Nc2cccc(C(=O)NCCO)c2)C1. The van der Waals surface area contributed by atoms with Crippen molar-refractivity contribution in [3.63, 3.8) is 0 Å². The predicted octanol–water partition coefficient (Wildman–Crippen LogP) is 2.65. The fourth-order valence-electron chi connectivity index (χ4n) is 3.32. The number of aliphatic hydroxyl groups excluding tert-OH is 1. The summed E-state index contributed by atoms with van der Waals surface area (Å²) in [5.41, 5.74) is 1.63. The molecule has 21 heavy (non-hydrogen) atoms. The summed E-state index contributed by atoms with van der Waals surface area (Å²) in [6.45, 7) is 4.86. The zero-order valence-corrected chi connectivity index (χ0v) is 12.9. The highest BCUT2D eigenvalue weighted by Crippen LogP contribution is 2.30. The molecule has 0 aromatic heterocycles. The van der Waals surface area contributed by atoms with Crippen molar-refractivity contribution >= 4 is 11.6 Å². The van der Waals surface area contributed by atoms with Crippen molar-refractivity contribution in [2.45, 2.75) is 39.2 Å². The largest absolute Gasteiger partial charge is 0.395 e. The molecule has 0 bridgehead atoms. The first-order valence-electron chi connectivity index (χ1n) is 7.84. The molecular weight excluding hydrogens is 264 g/mol. The van der Waals surface area contributed by atoms with E-state index in [2.05, 4.69) is 24.5 Å². The van der Waals surface area contributed by atoms with Crippen LogP contribution in [0.4, 0.5) is 5.69 Å². The van der Waals surface area contributed by atoms with Crippen LogP contribution in [0.25, 0.3) is 0 Å². The maximum Gasteiger partial charge on any atom is 0.251 e. The van der Waals surface area contributed by atoms with E-state index in [9.17, 15) is 4.79 Å². The Labute approximate surface area is 126 Å². The van der Waals surface area contributed by atoms with Crippen molar-refractivity contribution < 1.29 is 9.90 Å². The van der Waals surface area contributed by atoms with E-state index in [0.717, 1.165) is 17.5 Å². The van der Waals surface area contributed by atoms with E-state index in [1.54, 1.807) is 6.07 Å². The molecule has 1 aliphatic rings. The maximum absolute atomic E-state index is 11.9. The molecule has 2 unspecified atom stereocenters. The number of hydrogen-bond donors (Lipinski definition) is 3. The topological polar surface area (TPSA) is 61.4 Å². The first-order valence-corrected chi connectivity index (χ1v) is 7.84. The standard InChI is InChI=1S/C17H26N2O2/c1-12-8-13(2)10-16(9-12)19-15-5-3-4-14(11-15)17(21)18-6-7-20/h3-5,11-13,16,19-20H,6-10H2,1-2H3,(H,18,21). The van der Waals surface area contributed by atoms with E-state index < -0.39 is 0 Å². The molecule has 0 spiro atoms. The molecule has 3 N–H and O–H groups in total. The molecule has 0 aliphatic heterocycles. The molecule has 2 atom stereocenters. The van der Waals surface area contributed by atoms with E-state index in [-0.39, 0.29) is 19.1 Å². The average molecular weight is 290 g/mol. The van der Waals surface area contributed by atoms with Gasteiger partial charge in [0.2, 0.25) is 0 Å². The Morgan fingerprint density at radius 1 is 1.24 bits per heavy atom. The van der Waals surface area contributed by atoms with Gasteiger partial charge in [0.1, 0.15) is 0 Å². The summed E-state index contributed by atoms with van der Waals surface area (Å²) in [4.78, 5) is 11.9. The van der Waals surface area contributed by atoms with Gasteiger partial charge in [-0.05, 0) is 49.3 Å². The van der Waals surface area contributed by atoms with Crippen molar-refractivity contribution in [2.24, 2.45) is 11.8 Å². The van der Waals surface area contributed by atoms with Crippen LogP contribution in [0.3, 0.4) is 0 Å². The van der Waals surface area contributed by atoms with Gasteiger partial charge in [-0.25, -0.2) is 0 Å². The number of hydrogen-bond acceptors (Lipinski definition) is 3. The Morgan fingerprint density at radius 2 is 1.95 bits per heavy atom. The number of anilines is 1. The summed E-state index contributed by atoms with van der Waals surface area (Å²) < 4.78 is 0. The molecule has 1 aromatic carbocycles. The van der Waals surface area contributed by atoms with E-state index >= 15 is 0 Å². The van der Waals surface area contributed by atoms with Gasteiger partial charge in [-0.15, -0.1) is 0 Å². The molecule has 1 fully saturated rings. The van der Waals surface area contributed by atoms with Crippen LogP contribution in [0.1, 0.15) is 43.5 Å². The summed E-state index contributed by atoms with van der Waals surface area (Å²) in [7, 11) is 0. The monoisotopic (exact) mass is 290 g/mol. The molecule has 4 nitrogen and oxygen atoms in total. The Morgan fingerprint density at radius 3 is 2.62 bits per heavy atom. The molecule has 1 aromatic rings. The highest BCUT2D eigenvalue weighted by atomic mass is 16.3. The third-order valence-electron chi connectivity index (χ3n) is 4.07. The highest BCUT2D eigenvalue weighted by Gasteiger charge is 2.23. The predicted molar refractivity (Wildman–Crippen MR) is 85.5 cm³/mol. The van der Waals surface area contributed by atoms with Gasteiger partial charge in [-0.2, -0.15) is 0 Å². The smallest absolute Gasteiger partial charge is 0.251 e. The molecular formula is C17H26N2O2. The lowest BCUT2D eigenvalue weighted by atomic mass is 9.80. The lowest BCUT2D eigenvalue weighted by Gasteiger charge is -2.32. The fourth-order valence-corrected chi connectivity index (χ4v) is 3.32. The van der Waals surface area contributed by atoms with Gasteiger partial charge in [-0.1, -0.05) is 19.9 Å². The molecule has 116 valence electrons. The summed E-state index contributed by atoms with van der Waals surface area (Å²) in [6, 6.07) is 8.07. The average Bonchev–Trinajstić information content (AvgIpc) is 2.44. The van der Waals surface area contributed by atoms with Crippen LogP contribution in [0.2, 0.25) is 0 Å². The third-order valence-corrected chi connectivity index (χ3v) is 4.07. The minimum Gasteiger partial charge on any atom is -0.395 e. The lowest BCUT2D eigenvalue weighted by molar-refractivity contribution is 0.0945. The van der Waals surface area contributed by atoms with E-state index in [1.165, 1.54) is 19.3 Å². The van der Waals surface area contributed by atoms with Gasteiger partial charge < -0.3 is 15.7 Å². The van der Waals surface area contributed by atoms with Crippen LogP contribution in [0, 0.1) is 11.8 Å². The summed E-state index contributed by atoms with van der Waals surface area (Å²) >= 11 is 0. The molecule has 1 amide bonds. The molecule has 0 radical (unpaired) electrons. The minimum absolute atomic E-state index is 0.0401. The molecule has 4 heteroatoms. The molecule has 2 rings (SSSR count).